The lowest BCUT2D eigenvalue weighted by molar-refractivity contribution is 0.190. The molecule has 0 amide bonds. The molecule has 14 heavy (non-hydrogen) atoms. The first kappa shape index (κ1) is 9.02. The van der Waals surface area contributed by atoms with Gasteiger partial charge < -0.3 is 14.8 Å². The van der Waals surface area contributed by atoms with Crippen LogP contribution in [0.1, 0.15) is 18.9 Å². The lowest BCUT2D eigenvalue weighted by Gasteiger charge is -1.98. The molecule has 2 aromatic rings. The molecule has 1 unspecified atom stereocenters. The van der Waals surface area contributed by atoms with Crippen LogP contribution in [0.4, 0.5) is 0 Å². The van der Waals surface area contributed by atoms with Crippen LogP contribution in [0.25, 0.3) is 11.0 Å². The average molecular weight is 192 g/mol. The van der Waals surface area contributed by atoms with Crippen molar-refractivity contribution in [2.45, 2.75) is 13.0 Å². The molecular weight excluding hydrogens is 180 g/mol. The number of benzene rings is 1. The van der Waals surface area contributed by atoms with E-state index in [0.717, 1.165) is 11.0 Å². The van der Waals surface area contributed by atoms with Gasteiger partial charge in [0.25, 0.3) is 0 Å². The third kappa shape index (κ3) is 1.33. The smallest absolute Gasteiger partial charge is 0.146 e. The second-order valence-electron chi connectivity index (χ2n) is 3.15. The molecule has 0 fully saturated rings. The summed E-state index contributed by atoms with van der Waals surface area (Å²) in [5.41, 5.74) is 1.63. The fourth-order valence-electron chi connectivity index (χ4n) is 1.39. The highest BCUT2D eigenvalue weighted by Crippen LogP contribution is 2.24. The van der Waals surface area contributed by atoms with Gasteiger partial charge in [-0.1, -0.05) is 6.07 Å². The van der Waals surface area contributed by atoms with Gasteiger partial charge in [0.1, 0.15) is 23.2 Å². The molecule has 2 rings (SSSR count). The minimum atomic E-state index is -0.591. The molecule has 1 atom stereocenters. The van der Waals surface area contributed by atoms with Crippen molar-refractivity contribution in [2.24, 2.45) is 0 Å². The fraction of sp³-hybridized carbons (Fsp3) is 0.300. The van der Waals surface area contributed by atoms with E-state index in [4.69, 9.17) is 4.74 Å². The Hall–Kier alpha value is -1.55. The van der Waals surface area contributed by atoms with E-state index in [1.54, 1.807) is 14.0 Å². The molecule has 0 aliphatic heterocycles. The van der Waals surface area contributed by atoms with Crippen molar-refractivity contribution in [3.8, 4) is 5.75 Å². The number of nitrogens with one attached hydrogen (secondary N) is 1. The Morgan fingerprint density at radius 2 is 2.29 bits per heavy atom. The lowest BCUT2D eigenvalue weighted by atomic mass is 10.3. The Balaban J connectivity index is 2.64. The van der Waals surface area contributed by atoms with Gasteiger partial charge in [-0.15, -0.1) is 0 Å². The highest BCUT2D eigenvalue weighted by molar-refractivity contribution is 5.81. The highest BCUT2D eigenvalue weighted by Gasteiger charge is 2.10. The van der Waals surface area contributed by atoms with Crippen molar-refractivity contribution in [1.82, 2.24) is 9.97 Å². The Morgan fingerprint density at radius 1 is 1.50 bits per heavy atom. The number of hydrogen-bond donors (Lipinski definition) is 2. The zero-order valence-corrected chi connectivity index (χ0v) is 8.11. The van der Waals surface area contributed by atoms with Crippen molar-refractivity contribution in [3.05, 3.63) is 24.0 Å². The van der Waals surface area contributed by atoms with Crippen molar-refractivity contribution >= 4 is 11.0 Å². The highest BCUT2D eigenvalue weighted by atomic mass is 16.5. The molecule has 4 heteroatoms. The zero-order valence-electron chi connectivity index (χ0n) is 8.11. The van der Waals surface area contributed by atoms with Crippen LogP contribution in [0, 0.1) is 0 Å². The summed E-state index contributed by atoms with van der Waals surface area (Å²) in [5, 5.41) is 9.35. The van der Waals surface area contributed by atoms with Gasteiger partial charge in [-0.05, 0) is 19.1 Å². The fourth-order valence-corrected chi connectivity index (χ4v) is 1.39. The largest absolute Gasteiger partial charge is 0.494 e. The Bertz CT molecular complexity index is 448. The third-order valence-corrected chi connectivity index (χ3v) is 2.11. The van der Waals surface area contributed by atoms with Crippen LogP contribution in [-0.4, -0.2) is 22.2 Å². The van der Waals surface area contributed by atoms with Crippen molar-refractivity contribution < 1.29 is 9.84 Å². The minimum absolute atomic E-state index is 0.560. The topological polar surface area (TPSA) is 58.1 Å². The first-order valence-corrected chi connectivity index (χ1v) is 4.43. The molecule has 1 aromatic carbocycles. The number of imidazole rings is 1. The SMILES string of the molecule is COc1cccc2[nH]c(C(C)O)nc12. The van der Waals surface area contributed by atoms with Crippen LogP contribution < -0.4 is 4.74 Å². The number of methoxy groups -OCH3 is 1. The lowest BCUT2D eigenvalue weighted by Crippen LogP contribution is -1.92. The summed E-state index contributed by atoms with van der Waals surface area (Å²) in [6.07, 6.45) is -0.591. The van der Waals surface area contributed by atoms with Crippen LogP contribution in [0.2, 0.25) is 0 Å². The number of H-pyrrole nitrogens is 1. The summed E-state index contributed by atoms with van der Waals surface area (Å²) in [7, 11) is 1.60. The molecule has 1 heterocycles. The number of hydrogen-bond acceptors (Lipinski definition) is 3. The number of rotatable bonds is 2. The molecule has 2 N–H and O–H groups in total. The van der Waals surface area contributed by atoms with Crippen LogP contribution >= 0.6 is 0 Å². The van der Waals surface area contributed by atoms with Crippen molar-refractivity contribution in [2.75, 3.05) is 7.11 Å². The van der Waals surface area contributed by atoms with Gasteiger partial charge in [0.05, 0.1) is 12.6 Å². The molecule has 0 saturated carbocycles. The molecule has 0 aliphatic rings. The van der Waals surface area contributed by atoms with Gasteiger partial charge in [0, 0.05) is 0 Å². The van der Waals surface area contributed by atoms with E-state index in [-0.39, 0.29) is 0 Å². The van der Waals surface area contributed by atoms with E-state index < -0.39 is 6.10 Å². The Morgan fingerprint density at radius 3 is 2.93 bits per heavy atom. The van der Waals surface area contributed by atoms with Crippen LogP contribution in [-0.2, 0) is 0 Å². The standard InChI is InChI=1S/C10H12N2O2/c1-6(13)10-11-7-4-3-5-8(14-2)9(7)12-10/h3-6,13H,1-2H3,(H,11,12). The molecule has 0 spiro atoms. The van der Waals surface area contributed by atoms with Crippen LogP contribution in [0.15, 0.2) is 18.2 Å². The number of nitrogens with zero attached hydrogens (tertiary/aromatic N) is 1. The van der Waals surface area contributed by atoms with Crippen molar-refractivity contribution in [1.29, 1.82) is 0 Å². The summed E-state index contributed by atoms with van der Waals surface area (Å²) in [4.78, 5) is 7.28. The van der Waals surface area contributed by atoms with E-state index in [1.807, 2.05) is 18.2 Å². The molecule has 1 aromatic heterocycles. The van der Waals surface area contributed by atoms with Gasteiger partial charge in [0.15, 0.2) is 0 Å². The summed E-state index contributed by atoms with van der Waals surface area (Å²) in [6, 6.07) is 5.62. The molecule has 0 radical (unpaired) electrons. The first-order valence-electron chi connectivity index (χ1n) is 4.43. The van der Waals surface area contributed by atoms with Gasteiger partial charge in [-0.25, -0.2) is 4.98 Å². The van der Waals surface area contributed by atoms with E-state index in [2.05, 4.69) is 9.97 Å². The minimum Gasteiger partial charge on any atom is -0.494 e. The van der Waals surface area contributed by atoms with E-state index in [9.17, 15) is 5.11 Å². The molecule has 4 nitrogen and oxygen atoms in total. The zero-order chi connectivity index (χ0) is 10.1. The predicted octanol–water partition coefficient (Wildman–Crippen LogP) is 1.62. The number of fused-ring (bicyclic) bond motifs is 1. The Labute approximate surface area is 81.5 Å². The van der Waals surface area contributed by atoms with Crippen LogP contribution in [0.5, 0.6) is 5.75 Å². The molecular formula is C10H12N2O2. The quantitative estimate of drug-likeness (QED) is 0.760. The third-order valence-electron chi connectivity index (χ3n) is 2.11. The van der Waals surface area contributed by atoms with Gasteiger partial charge in [0.2, 0.25) is 0 Å². The molecule has 0 saturated heterocycles. The van der Waals surface area contributed by atoms with Crippen LogP contribution in [0.3, 0.4) is 0 Å². The average Bonchev–Trinajstić information content (AvgIpc) is 2.60. The molecule has 74 valence electrons. The number of ether oxygens (including phenoxy) is 1. The van der Waals surface area contributed by atoms with Gasteiger partial charge >= 0.3 is 0 Å². The number of aliphatic hydroxyl groups excluding tert-OH is 1. The number of aliphatic hydroxyl groups is 1. The summed E-state index contributed by atoms with van der Waals surface area (Å²) >= 11 is 0. The van der Waals surface area contributed by atoms with Gasteiger partial charge in [-0.2, -0.15) is 0 Å². The number of aromatic nitrogens is 2. The molecule has 0 aliphatic carbocycles. The summed E-state index contributed by atoms with van der Waals surface area (Å²) in [6.45, 7) is 1.67. The maximum atomic E-state index is 9.35. The van der Waals surface area contributed by atoms with E-state index in [1.165, 1.54) is 0 Å². The monoisotopic (exact) mass is 192 g/mol. The van der Waals surface area contributed by atoms with E-state index >= 15 is 0 Å². The summed E-state index contributed by atoms with van der Waals surface area (Å²) < 4.78 is 5.16. The normalized spacial score (nSPS) is 13.1. The Kier molecular flexibility index (Phi) is 2.13. The van der Waals surface area contributed by atoms with Gasteiger partial charge in [-0.3, -0.25) is 0 Å². The second kappa shape index (κ2) is 3.31. The number of aromatic amines is 1. The maximum absolute atomic E-state index is 9.35. The van der Waals surface area contributed by atoms with E-state index in [0.29, 0.717) is 11.6 Å². The second-order valence-corrected chi connectivity index (χ2v) is 3.15. The summed E-state index contributed by atoms with van der Waals surface area (Å²) in [5.74, 6) is 1.27. The first-order chi connectivity index (χ1) is 6.72. The predicted molar refractivity (Wildman–Crippen MR) is 53.3 cm³/mol. The maximum Gasteiger partial charge on any atom is 0.146 e. The van der Waals surface area contributed by atoms with Crippen molar-refractivity contribution in [3.63, 3.8) is 0 Å². The molecule has 0 bridgehead atoms. The number of para-hydroxylation sites is 1.